The number of fused-ring (bicyclic) bond motifs is 1. The molecular formula is C22H37N3O2S2. The van der Waals surface area contributed by atoms with Crippen LogP contribution < -0.4 is 11.5 Å². The van der Waals surface area contributed by atoms with Crippen molar-refractivity contribution in [2.75, 3.05) is 12.3 Å². The van der Waals surface area contributed by atoms with Gasteiger partial charge >= 0.3 is 0 Å². The van der Waals surface area contributed by atoms with Crippen LogP contribution in [0.15, 0.2) is 21.8 Å². The van der Waals surface area contributed by atoms with Crippen molar-refractivity contribution in [2.24, 2.45) is 5.73 Å². The quantitative estimate of drug-likeness (QED) is 0.379. The summed E-state index contributed by atoms with van der Waals surface area (Å²) in [5, 5.41) is 9.45. The Morgan fingerprint density at radius 3 is 2.41 bits per heavy atom. The van der Waals surface area contributed by atoms with Gasteiger partial charge < -0.3 is 16.6 Å². The van der Waals surface area contributed by atoms with Gasteiger partial charge in [-0.1, -0.05) is 44.7 Å². The molecule has 7 heteroatoms. The predicted octanol–water partition coefficient (Wildman–Crippen LogP) is 4.68. The van der Waals surface area contributed by atoms with E-state index in [2.05, 4.69) is 31.1 Å². The average molecular weight is 440 g/mol. The fourth-order valence-corrected chi connectivity index (χ4v) is 3.55. The van der Waals surface area contributed by atoms with Crippen molar-refractivity contribution in [1.29, 1.82) is 0 Å². The Hall–Kier alpha value is -1.28. The number of aryl methyl sites for hydroxylation is 1. The lowest BCUT2D eigenvalue weighted by Gasteiger charge is -2.19. The van der Waals surface area contributed by atoms with Crippen molar-refractivity contribution >= 4 is 36.4 Å². The molecule has 0 amide bonds. The number of hydrogen-bond donors (Lipinski definition) is 4. The maximum Gasteiger partial charge on any atom is 0.168 e. The van der Waals surface area contributed by atoms with Crippen LogP contribution in [-0.4, -0.2) is 28.5 Å². The highest BCUT2D eigenvalue weighted by Crippen LogP contribution is 2.33. The number of nitrogens with zero attached hydrogens (tertiary/aromatic N) is 1. The van der Waals surface area contributed by atoms with Crippen molar-refractivity contribution in [2.45, 2.75) is 72.3 Å². The highest BCUT2D eigenvalue weighted by atomic mass is 32.2. The summed E-state index contributed by atoms with van der Waals surface area (Å²) in [4.78, 5) is 16.0. The Bertz CT molecular complexity index is 711. The largest absolute Gasteiger partial charge is 0.398 e. The van der Waals surface area contributed by atoms with Crippen molar-refractivity contribution in [1.82, 2.24) is 4.98 Å². The molecule has 0 saturated heterocycles. The number of carbonyl (C=O) groups is 1. The standard InChI is InChI=1S/C12H16N2O.C8H14OS2.C2H7N/c1-2-4-8-11(7-15)14-10-6-3-5-9(10)12(8)13;1-5-7(10)11-6(2)8(3,4)9;1-2-3/h7H,2-6H2,1H3,(H2,13,14);5,9-10H,2H2,1,3-4H3;2-3H2,1H3/b;7-5-;. The monoisotopic (exact) mass is 439 g/mol. The van der Waals surface area contributed by atoms with Gasteiger partial charge in [0.25, 0.3) is 0 Å². The summed E-state index contributed by atoms with van der Waals surface area (Å²) in [6, 6.07) is 0. The number of hydrogen-bond acceptors (Lipinski definition) is 7. The van der Waals surface area contributed by atoms with Crippen LogP contribution in [-0.2, 0) is 19.3 Å². The maximum absolute atomic E-state index is 10.9. The molecule has 0 atom stereocenters. The second-order valence-electron chi connectivity index (χ2n) is 7.16. The van der Waals surface area contributed by atoms with Crippen LogP contribution in [0.1, 0.15) is 74.8 Å². The molecule has 5 N–H and O–H groups in total. The van der Waals surface area contributed by atoms with Gasteiger partial charge in [-0.05, 0) is 58.6 Å². The number of thioether (sulfide) groups is 1. The highest BCUT2D eigenvalue weighted by Gasteiger charge is 2.20. The van der Waals surface area contributed by atoms with Gasteiger partial charge in [0, 0.05) is 26.1 Å². The fourth-order valence-electron chi connectivity index (χ4n) is 2.59. The third-order valence-corrected chi connectivity index (χ3v) is 5.90. The number of allylic oxidation sites excluding steroid dienone is 1. The van der Waals surface area contributed by atoms with Gasteiger partial charge in [-0.25, -0.2) is 4.98 Å². The van der Waals surface area contributed by atoms with Crippen LogP contribution in [0.25, 0.3) is 0 Å². The number of pyridine rings is 1. The third kappa shape index (κ3) is 9.38. The van der Waals surface area contributed by atoms with Gasteiger partial charge in [0.05, 0.1) is 5.60 Å². The van der Waals surface area contributed by atoms with Crippen LogP contribution in [0.3, 0.4) is 0 Å². The predicted molar refractivity (Wildman–Crippen MR) is 131 cm³/mol. The number of thiol groups is 1. The number of aldehydes is 1. The van der Waals surface area contributed by atoms with Crippen molar-refractivity contribution < 1.29 is 9.90 Å². The normalized spacial score (nSPS) is 12.9. The maximum atomic E-state index is 10.9. The van der Waals surface area contributed by atoms with Gasteiger partial charge in [0.1, 0.15) is 5.69 Å². The summed E-state index contributed by atoms with van der Waals surface area (Å²) in [6.45, 7) is 13.8. The molecule has 0 aliphatic heterocycles. The number of aliphatic hydroxyl groups is 1. The van der Waals surface area contributed by atoms with E-state index in [0.717, 1.165) is 66.1 Å². The van der Waals surface area contributed by atoms with Crippen molar-refractivity contribution in [3.05, 3.63) is 44.3 Å². The zero-order valence-electron chi connectivity index (χ0n) is 18.4. The lowest BCUT2D eigenvalue weighted by molar-refractivity contribution is 0.111. The highest BCUT2D eigenvalue weighted by molar-refractivity contribution is 8.18. The number of aromatic nitrogens is 1. The summed E-state index contributed by atoms with van der Waals surface area (Å²) in [6.07, 6.45) is 7.63. The van der Waals surface area contributed by atoms with Crippen LogP contribution in [0.5, 0.6) is 0 Å². The summed E-state index contributed by atoms with van der Waals surface area (Å²) in [7, 11) is 0. The van der Waals surface area contributed by atoms with E-state index in [0.29, 0.717) is 10.6 Å². The minimum absolute atomic E-state index is 0.551. The summed E-state index contributed by atoms with van der Waals surface area (Å²) in [5.74, 6) is 0. The molecular weight excluding hydrogens is 402 g/mol. The molecule has 0 radical (unpaired) electrons. The van der Waals surface area contributed by atoms with E-state index < -0.39 is 5.60 Å². The minimum Gasteiger partial charge on any atom is -0.398 e. The Labute approximate surface area is 185 Å². The smallest absolute Gasteiger partial charge is 0.168 e. The first-order valence-corrected chi connectivity index (χ1v) is 11.2. The number of nitrogens with two attached hydrogens (primary N) is 2. The van der Waals surface area contributed by atoms with Crippen molar-refractivity contribution in [3.8, 4) is 0 Å². The zero-order valence-corrected chi connectivity index (χ0v) is 20.1. The van der Waals surface area contributed by atoms with E-state index in [4.69, 9.17) is 11.5 Å². The molecule has 0 saturated carbocycles. The number of anilines is 1. The molecule has 1 aliphatic rings. The molecule has 29 heavy (non-hydrogen) atoms. The van der Waals surface area contributed by atoms with Crippen LogP contribution in [0.2, 0.25) is 0 Å². The zero-order chi connectivity index (χ0) is 22.6. The topological polar surface area (TPSA) is 102 Å². The second-order valence-corrected chi connectivity index (χ2v) is 9.08. The first-order chi connectivity index (χ1) is 13.6. The number of carbonyl (C=O) groups excluding carboxylic acids is 1. The van der Waals surface area contributed by atoms with E-state index in [1.54, 1.807) is 13.8 Å². The molecule has 1 heterocycles. The lowest BCUT2D eigenvalue weighted by atomic mass is 10.0. The van der Waals surface area contributed by atoms with Crippen LogP contribution >= 0.6 is 24.4 Å². The lowest BCUT2D eigenvalue weighted by Crippen LogP contribution is -2.18. The minimum atomic E-state index is -0.832. The molecule has 1 aromatic rings. The Morgan fingerprint density at radius 1 is 1.38 bits per heavy atom. The van der Waals surface area contributed by atoms with Gasteiger partial charge in [-0.2, -0.15) is 0 Å². The van der Waals surface area contributed by atoms with Gasteiger partial charge in [0.2, 0.25) is 0 Å². The van der Waals surface area contributed by atoms with Gasteiger partial charge in [-0.3, -0.25) is 4.79 Å². The molecule has 1 aromatic heterocycles. The van der Waals surface area contributed by atoms with E-state index in [1.165, 1.54) is 17.3 Å². The molecule has 0 aromatic carbocycles. The van der Waals surface area contributed by atoms with E-state index in [-0.39, 0.29) is 0 Å². The first kappa shape index (κ1) is 27.7. The summed E-state index contributed by atoms with van der Waals surface area (Å²) >= 11 is 5.54. The third-order valence-electron chi connectivity index (χ3n) is 4.17. The van der Waals surface area contributed by atoms with Gasteiger partial charge in [-0.15, -0.1) is 12.6 Å². The average Bonchev–Trinajstić information content (AvgIpc) is 3.13. The summed E-state index contributed by atoms with van der Waals surface area (Å²) in [5.41, 5.74) is 14.7. The number of rotatable bonds is 6. The van der Waals surface area contributed by atoms with Crippen LogP contribution in [0, 0.1) is 0 Å². The van der Waals surface area contributed by atoms with Gasteiger partial charge in [0.15, 0.2) is 6.29 Å². The van der Waals surface area contributed by atoms with E-state index in [9.17, 15) is 9.90 Å². The van der Waals surface area contributed by atoms with E-state index in [1.807, 2.05) is 19.9 Å². The SMILES string of the molecule is C=C(S/C(S)=C\C)C(C)(C)O.CCCc1c(C=O)nc2c(c1N)CCC2.CCN. The molecule has 0 fully saturated rings. The Morgan fingerprint density at radius 2 is 1.97 bits per heavy atom. The fraction of sp³-hybridized carbons (Fsp3) is 0.545. The molecule has 5 nitrogen and oxygen atoms in total. The van der Waals surface area contributed by atoms with E-state index >= 15 is 0 Å². The Kier molecular flexibility index (Phi) is 13.2. The molecule has 164 valence electrons. The first-order valence-electron chi connectivity index (χ1n) is 9.97. The molecule has 0 unspecified atom stereocenters. The molecule has 0 spiro atoms. The molecule has 2 rings (SSSR count). The number of nitrogen functional groups attached to an aromatic ring is 1. The Balaban J connectivity index is 0.000000497. The second kappa shape index (κ2) is 13.9. The molecule has 1 aliphatic carbocycles. The molecule has 0 bridgehead atoms. The van der Waals surface area contributed by atoms with Crippen molar-refractivity contribution in [3.63, 3.8) is 0 Å². The van der Waals surface area contributed by atoms with Crippen LogP contribution in [0.4, 0.5) is 5.69 Å². The summed E-state index contributed by atoms with van der Waals surface area (Å²) < 4.78 is 0.858.